The second kappa shape index (κ2) is 10.3. The monoisotopic (exact) mass is 295 g/mol. The summed E-state index contributed by atoms with van der Waals surface area (Å²) >= 11 is 0. The molecule has 0 rings (SSSR count). The standard InChI is InChI=1S/C20H41N/c1-9-13-15-19(17(5)14-10-2)20(7,8)18(6)16-21(11-3)12-4/h16-17,19H,9-15H2,1-8H3/b18-16-. The van der Waals surface area contributed by atoms with Crippen molar-refractivity contribution in [2.45, 2.75) is 87.5 Å². The first-order valence-electron chi connectivity index (χ1n) is 9.27. The van der Waals surface area contributed by atoms with Crippen LogP contribution in [0.15, 0.2) is 11.8 Å². The van der Waals surface area contributed by atoms with Crippen LogP contribution in [0.4, 0.5) is 0 Å². The lowest BCUT2D eigenvalue weighted by molar-refractivity contribution is 0.158. The van der Waals surface area contributed by atoms with E-state index in [1.807, 2.05) is 0 Å². The van der Waals surface area contributed by atoms with Gasteiger partial charge in [0.15, 0.2) is 0 Å². The third-order valence-electron chi connectivity index (χ3n) is 5.43. The molecule has 0 bridgehead atoms. The van der Waals surface area contributed by atoms with Gasteiger partial charge in [0.25, 0.3) is 0 Å². The Hall–Kier alpha value is -0.460. The fraction of sp³-hybridized carbons (Fsp3) is 0.900. The predicted octanol–water partition coefficient (Wildman–Crippen LogP) is 6.50. The second-order valence-corrected chi connectivity index (χ2v) is 7.27. The topological polar surface area (TPSA) is 3.24 Å². The van der Waals surface area contributed by atoms with E-state index in [9.17, 15) is 0 Å². The zero-order valence-electron chi connectivity index (χ0n) is 16.1. The molecule has 0 saturated heterocycles. The first kappa shape index (κ1) is 20.5. The Bertz CT molecular complexity index is 286. The largest absolute Gasteiger partial charge is 0.378 e. The fourth-order valence-electron chi connectivity index (χ4n) is 3.58. The second-order valence-electron chi connectivity index (χ2n) is 7.27. The van der Waals surface area contributed by atoms with Crippen LogP contribution in [0, 0.1) is 17.3 Å². The van der Waals surface area contributed by atoms with Crippen LogP contribution >= 0.6 is 0 Å². The molecule has 21 heavy (non-hydrogen) atoms. The lowest BCUT2D eigenvalue weighted by Gasteiger charge is -2.40. The van der Waals surface area contributed by atoms with Gasteiger partial charge < -0.3 is 4.90 Å². The SMILES string of the molecule is CCCCC(C(C)CCC)C(C)(C)/C(C)=C\N(CC)CC. The third kappa shape index (κ3) is 6.45. The van der Waals surface area contributed by atoms with Gasteiger partial charge in [-0.3, -0.25) is 0 Å². The quantitative estimate of drug-likeness (QED) is 0.420. The summed E-state index contributed by atoms with van der Waals surface area (Å²) in [6, 6.07) is 0. The van der Waals surface area contributed by atoms with Crippen molar-refractivity contribution in [1.29, 1.82) is 0 Å². The normalized spacial score (nSPS) is 15.9. The molecular weight excluding hydrogens is 254 g/mol. The van der Waals surface area contributed by atoms with Gasteiger partial charge in [0.2, 0.25) is 0 Å². The van der Waals surface area contributed by atoms with Gasteiger partial charge in [-0.15, -0.1) is 0 Å². The smallest absolute Gasteiger partial charge is 0.0143 e. The summed E-state index contributed by atoms with van der Waals surface area (Å²) < 4.78 is 0. The van der Waals surface area contributed by atoms with Gasteiger partial charge in [-0.05, 0) is 50.6 Å². The molecule has 1 nitrogen and oxygen atoms in total. The summed E-state index contributed by atoms with van der Waals surface area (Å²) in [6.07, 6.45) is 9.12. The van der Waals surface area contributed by atoms with Crippen molar-refractivity contribution < 1.29 is 0 Å². The molecule has 0 aliphatic heterocycles. The Morgan fingerprint density at radius 1 is 1.00 bits per heavy atom. The van der Waals surface area contributed by atoms with Crippen LogP contribution in [-0.2, 0) is 0 Å². The van der Waals surface area contributed by atoms with Crippen molar-refractivity contribution in [3.8, 4) is 0 Å². The summed E-state index contributed by atoms with van der Waals surface area (Å²) in [5.41, 5.74) is 1.85. The highest BCUT2D eigenvalue weighted by Crippen LogP contribution is 2.43. The number of nitrogens with zero attached hydrogens (tertiary/aromatic N) is 1. The summed E-state index contributed by atoms with van der Waals surface area (Å²) in [6.45, 7) is 21.1. The maximum atomic E-state index is 2.47. The molecule has 0 aromatic carbocycles. The van der Waals surface area contributed by atoms with E-state index in [1.165, 1.54) is 32.1 Å². The molecule has 126 valence electrons. The summed E-state index contributed by atoms with van der Waals surface area (Å²) in [4.78, 5) is 2.43. The van der Waals surface area contributed by atoms with E-state index in [4.69, 9.17) is 0 Å². The molecule has 0 heterocycles. The van der Waals surface area contributed by atoms with Crippen LogP contribution in [-0.4, -0.2) is 18.0 Å². The molecule has 2 unspecified atom stereocenters. The van der Waals surface area contributed by atoms with Crippen molar-refractivity contribution in [1.82, 2.24) is 4.90 Å². The lowest BCUT2D eigenvalue weighted by atomic mass is 9.65. The molecule has 0 spiro atoms. The van der Waals surface area contributed by atoms with Crippen molar-refractivity contribution >= 4 is 0 Å². The Morgan fingerprint density at radius 3 is 2.00 bits per heavy atom. The number of allylic oxidation sites excluding steroid dienone is 1. The third-order valence-corrected chi connectivity index (χ3v) is 5.43. The minimum atomic E-state index is 0.298. The first-order valence-corrected chi connectivity index (χ1v) is 9.27. The van der Waals surface area contributed by atoms with E-state index in [0.29, 0.717) is 5.41 Å². The molecule has 0 aromatic heterocycles. The maximum Gasteiger partial charge on any atom is 0.0143 e. The van der Waals surface area contributed by atoms with Crippen LogP contribution in [0.25, 0.3) is 0 Å². The minimum Gasteiger partial charge on any atom is -0.378 e. The summed E-state index contributed by atoms with van der Waals surface area (Å²) in [5.74, 6) is 1.61. The van der Waals surface area contributed by atoms with Crippen LogP contribution in [0.5, 0.6) is 0 Å². The molecule has 0 N–H and O–H groups in total. The van der Waals surface area contributed by atoms with Gasteiger partial charge in [0, 0.05) is 13.1 Å². The molecule has 2 atom stereocenters. The highest BCUT2D eigenvalue weighted by Gasteiger charge is 2.34. The molecule has 0 fully saturated rings. The maximum absolute atomic E-state index is 2.47. The Kier molecular flexibility index (Phi) is 10.1. The van der Waals surface area contributed by atoms with Gasteiger partial charge in [-0.25, -0.2) is 0 Å². The molecule has 0 saturated carbocycles. The van der Waals surface area contributed by atoms with Crippen LogP contribution in [0.3, 0.4) is 0 Å². The number of rotatable bonds is 11. The Balaban J connectivity index is 5.21. The molecular formula is C20H41N. The number of unbranched alkanes of at least 4 members (excludes halogenated alkanes) is 1. The van der Waals surface area contributed by atoms with E-state index >= 15 is 0 Å². The highest BCUT2D eigenvalue weighted by atomic mass is 15.1. The predicted molar refractivity (Wildman–Crippen MR) is 97.5 cm³/mol. The van der Waals surface area contributed by atoms with Gasteiger partial charge in [0.1, 0.15) is 0 Å². The average Bonchev–Trinajstić information content (AvgIpc) is 2.44. The van der Waals surface area contributed by atoms with Crippen LogP contribution in [0.2, 0.25) is 0 Å². The summed E-state index contributed by atoms with van der Waals surface area (Å²) in [7, 11) is 0. The molecule has 0 aromatic rings. The van der Waals surface area contributed by atoms with Crippen molar-refractivity contribution in [2.75, 3.05) is 13.1 Å². The van der Waals surface area contributed by atoms with Gasteiger partial charge in [0.05, 0.1) is 0 Å². The number of hydrogen-bond acceptors (Lipinski definition) is 1. The Labute approximate surface area is 135 Å². The molecule has 0 amide bonds. The summed E-state index contributed by atoms with van der Waals surface area (Å²) in [5, 5.41) is 0. The average molecular weight is 296 g/mol. The molecule has 0 radical (unpaired) electrons. The molecule has 1 heteroatoms. The van der Waals surface area contributed by atoms with E-state index in [1.54, 1.807) is 5.57 Å². The van der Waals surface area contributed by atoms with Crippen molar-refractivity contribution in [3.63, 3.8) is 0 Å². The highest BCUT2D eigenvalue weighted by molar-refractivity contribution is 5.11. The zero-order valence-corrected chi connectivity index (χ0v) is 16.1. The van der Waals surface area contributed by atoms with E-state index < -0.39 is 0 Å². The fourth-order valence-corrected chi connectivity index (χ4v) is 3.58. The molecule has 0 aliphatic rings. The zero-order chi connectivity index (χ0) is 16.5. The van der Waals surface area contributed by atoms with Crippen molar-refractivity contribution in [3.05, 3.63) is 11.8 Å². The van der Waals surface area contributed by atoms with Crippen LogP contribution in [0.1, 0.15) is 87.5 Å². The first-order chi connectivity index (χ1) is 9.84. The van der Waals surface area contributed by atoms with Gasteiger partial charge >= 0.3 is 0 Å². The van der Waals surface area contributed by atoms with Crippen LogP contribution < -0.4 is 0 Å². The minimum absolute atomic E-state index is 0.298. The van der Waals surface area contributed by atoms with Crippen molar-refractivity contribution in [2.24, 2.45) is 17.3 Å². The van der Waals surface area contributed by atoms with E-state index in [0.717, 1.165) is 24.9 Å². The van der Waals surface area contributed by atoms with E-state index in [2.05, 4.69) is 66.5 Å². The van der Waals surface area contributed by atoms with Gasteiger partial charge in [-0.2, -0.15) is 0 Å². The van der Waals surface area contributed by atoms with E-state index in [-0.39, 0.29) is 0 Å². The van der Waals surface area contributed by atoms with Gasteiger partial charge in [-0.1, -0.05) is 65.9 Å². The number of hydrogen-bond donors (Lipinski definition) is 0. The Morgan fingerprint density at radius 2 is 1.57 bits per heavy atom. The molecule has 0 aliphatic carbocycles. The lowest BCUT2D eigenvalue weighted by Crippen LogP contribution is -2.32.